The van der Waals surface area contributed by atoms with E-state index in [2.05, 4.69) is 34.6 Å². The maximum absolute atomic E-state index is 2.46. The van der Waals surface area contributed by atoms with Crippen LogP contribution >= 0.6 is 0 Å². The van der Waals surface area contributed by atoms with Crippen LogP contribution in [0.4, 0.5) is 0 Å². The Kier molecular flexibility index (Phi) is 4.04. The van der Waals surface area contributed by atoms with Gasteiger partial charge in [0.05, 0.1) is 0 Å². The van der Waals surface area contributed by atoms with Crippen molar-refractivity contribution in [2.45, 2.75) is 66.7 Å². The monoisotopic (exact) mass is 196 g/mol. The molecule has 0 amide bonds. The molecule has 84 valence electrons. The maximum atomic E-state index is 2.46. The fraction of sp³-hybridized carbons (Fsp3) is 1.00. The second-order valence-corrected chi connectivity index (χ2v) is 6.21. The van der Waals surface area contributed by atoms with Crippen LogP contribution in [-0.2, 0) is 0 Å². The van der Waals surface area contributed by atoms with Gasteiger partial charge in [0.2, 0.25) is 0 Å². The second-order valence-electron chi connectivity index (χ2n) is 6.21. The summed E-state index contributed by atoms with van der Waals surface area (Å²) in [7, 11) is 0. The van der Waals surface area contributed by atoms with Crippen LogP contribution in [0.3, 0.4) is 0 Å². The van der Waals surface area contributed by atoms with E-state index in [-0.39, 0.29) is 0 Å². The van der Waals surface area contributed by atoms with Crippen LogP contribution in [0.5, 0.6) is 0 Å². The van der Waals surface area contributed by atoms with Gasteiger partial charge in [-0.2, -0.15) is 0 Å². The molecule has 0 N–H and O–H groups in total. The smallest absolute Gasteiger partial charge is 0.0328 e. The summed E-state index contributed by atoms with van der Waals surface area (Å²) in [6, 6.07) is 0. The molecule has 0 aromatic rings. The minimum atomic E-state index is 0.577. The highest BCUT2D eigenvalue weighted by molar-refractivity contribution is 4.84. The van der Waals surface area contributed by atoms with Gasteiger partial charge in [-0.15, -0.1) is 0 Å². The fourth-order valence-corrected chi connectivity index (χ4v) is 2.83. The van der Waals surface area contributed by atoms with Crippen LogP contribution in [0.1, 0.15) is 66.7 Å². The molecular weight excluding hydrogens is 168 g/mol. The summed E-state index contributed by atoms with van der Waals surface area (Å²) in [6.45, 7) is 12.1. The molecule has 1 saturated carbocycles. The highest BCUT2D eigenvalue weighted by Gasteiger charge is 2.33. The van der Waals surface area contributed by atoms with Crippen molar-refractivity contribution in [3.05, 3.63) is 0 Å². The van der Waals surface area contributed by atoms with Gasteiger partial charge in [-0.05, 0) is 36.0 Å². The molecule has 0 aromatic carbocycles. The molecule has 2 atom stereocenters. The first-order valence-corrected chi connectivity index (χ1v) is 6.47. The molecule has 1 aliphatic rings. The molecule has 1 aliphatic carbocycles. The minimum Gasteiger partial charge on any atom is -0.0649 e. The predicted octanol–water partition coefficient (Wildman–Crippen LogP) is 4.89. The fourth-order valence-electron chi connectivity index (χ4n) is 2.83. The van der Waals surface area contributed by atoms with E-state index in [1.54, 1.807) is 0 Å². The van der Waals surface area contributed by atoms with Crippen LogP contribution in [-0.4, -0.2) is 0 Å². The van der Waals surface area contributed by atoms with Gasteiger partial charge in [-0.1, -0.05) is 53.9 Å². The maximum Gasteiger partial charge on any atom is -0.0328 e. The molecule has 1 fully saturated rings. The molecule has 14 heavy (non-hydrogen) atoms. The molecule has 1 rings (SSSR count). The van der Waals surface area contributed by atoms with E-state index < -0.39 is 0 Å². The zero-order chi connectivity index (χ0) is 10.8. The van der Waals surface area contributed by atoms with Gasteiger partial charge in [0, 0.05) is 0 Å². The summed E-state index contributed by atoms with van der Waals surface area (Å²) in [4.78, 5) is 0. The molecule has 0 heteroatoms. The van der Waals surface area contributed by atoms with Crippen molar-refractivity contribution in [3.63, 3.8) is 0 Å². The van der Waals surface area contributed by atoms with Crippen molar-refractivity contribution in [1.82, 2.24) is 0 Å². The standard InChI is InChI=1S/C14H28/c1-6-14(4,5)13-9-7-8-12(10-13)11(2)3/h11-13H,6-10H2,1-5H3. The van der Waals surface area contributed by atoms with E-state index in [1.165, 1.54) is 32.1 Å². The third-order valence-corrected chi connectivity index (χ3v) is 4.67. The van der Waals surface area contributed by atoms with Gasteiger partial charge in [-0.25, -0.2) is 0 Å². The first-order valence-electron chi connectivity index (χ1n) is 6.47. The topological polar surface area (TPSA) is 0 Å². The lowest BCUT2D eigenvalue weighted by molar-refractivity contribution is 0.102. The Morgan fingerprint density at radius 1 is 1.21 bits per heavy atom. The average molecular weight is 196 g/mol. The van der Waals surface area contributed by atoms with Crippen LogP contribution in [0.25, 0.3) is 0 Å². The summed E-state index contributed by atoms with van der Waals surface area (Å²) < 4.78 is 0. The van der Waals surface area contributed by atoms with Crippen molar-refractivity contribution in [1.29, 1.82) is 0 Å². The Labute approximate surface area is 90.5 Å². The summed E-state index contributed by atoms with van der Waals surface area (Å²) in [5.41, 5.74) is 0.577. The third kappa shape index (κ3) is 2.74. The Morgan fingerprint density at radius 3 is 2.36 bits per heavy atom. The molecule has 0 nitrogen and oxygen atoms in total. The molecule has 0 bridgehead atoms. The van der Waals surface area contributed by atoms with Crippen LogP contribution < -0.4 is 0 Å². The zero-order valence-electron chi connectivity index (χ0n) is 10.8. The Bertz CT molecular complexity index is 167. The van der Waals surface area contributed by atoms with Gasteiger partial charge in [0.1, 0.15) is 0 Å². The Balaban J connectivity index is 2.56. The van der Waals surface area contributed by atoms with Crippen molar-refractivity contribution < 1.29 is 0 Å². The summed E-state index contributed by atoms with van der Waals surface area (Å²) in [5.74, 6) is 2.87. The normalized spacial score (nSPS) is 29.6. The average Bonchev–Trinajstić information content (AvgIpc) is 2.18. The first-order chi connectivity index (χ1) is 6.47. The molecule has 0 radical (unpaired) electrons. The molecule has 2 unspecified atom stereocenters. The van der Waals surface area contributed by atoms with E-state index in [4.69, 9.17) is 0 Å². The molecule has 0 spiro atoms. The Morgan fingerprint density at radius 2 is 1.86 bits per heavy atom. The largest absolute Gasteiger partial charge is 0.0649 e. The highest BCUT2D eigenvalue weighted by Crippen LogP contribution is 2.44. The van der Waals surface area contributed by atoms with E-state index in [9.17, 15) is 0 Å². The van der Waals surface area contributed by atoms with Crippen LogP contribution in [0.15, 0.2) is 0 Å². The SMILES string of the molecule is CCC(C)(C)C1CCCC(C(C)C)C1. The van der Waals surface area contributed by atoms with Crippen LogP contribution in [0, 0.1) is 23.2 Å². The second kappa shape index (κ2) is 4.68. The Hall–Kier alpha value is 0. The summed E-state index contributed by atoms with van der Waals surface area (Å²) in [6.07, 6.45) is 7.25. The molecule has 0 heterocycles. The van der Waals surface area contributed by atoms with E-state index >= 15 is 0 Å². The first kappa shape index (κ1) is 12.1. The molecule has 0 aromatic heterocycles. The van der Waals surface area contributed by atoms with Crippen molar-refractivity contribution in [3.8, 4) is 0 Å². The van der Waals surface area contributed by atoms with E-state index in [0.29, 0.717) is 5.41 Å². The van der Waals surface area contributed by atoms with E-state index in [0.717, 1.165) is 17.8 Å². The lowest BCUT2D eigenvalue weighted by Gasteiger charge is -2.40. The molecule has 0 aliphatic heterocycles. The van der Waals surface area contributed by atoms with Gasteiger partial charge < -0.3 is 0 Å². The third-order valence-electron chi connectivity index (χ3n) is 4.67. The van der Waals surface area contributed by atoms with Crippen LogP contribution in [0.2, 0.25) is 0 Å². The summed E-state index contributed by atoms with van der Waals surface area (Å²) >= 11 is 0. The highest BCUT2D eigenvalue weighted by atomic mass is 14.4. The zero-order valence-corrected chi connectivity index (χ0v) is 10.8. The van der Waals surface area contributed by atoms with Gasteiger partial charge in [-0.3, -0.25) is 0 Å². The quantitative estimate of drug-likeness (QED) is 0.603. The van der Waals surface area contributed by atoms with Gasteiger partial charge >= 0.3 is 0 Å². The number of hydrogen-bond donors (Lipinski definition) is 0. The van der Waals surface area contributed by atoms with E-state index in [1.807, 2.05) is 0 Å². The van der Waals surface area contributed by atoms with Crippen molar-refractivity contribution in [2.75, 3.05) is 0 Å². The van der Waals surface area contributed by atoms with Crippen molar-refractivity contribution >= 4 is 0 Å². The lowest BCUT2D eigenvalue weighted by Crippen LogP contribution is -2.30. The number of hydrogen-bond acceptors (Lipinski definition) is 0. The lowest BCUT2D eigenvalue weighted by atomic mass is 9.65. The van der Waals surface area contributed by atoms with Gasteiger partial charge in [0.15, 0.2) is 0 Å². The molecule has 0 saturated heterocycles. The number of rotatable bonds is 3. The summed E-state index contributed by atoms with van der Waals surface area (Å²) in [5, 5.41) is 0. The van der Waals surface area contributed by atoms with Gasteiger partial charge in [0.25, 0.3) is 0 Å². The predicted molar refractivity (Wildman–Crippen MR) is 64.4 cm³/mol. The van der Waals surface area contributed by atoms with Crippen molar-refractivity contribution in [2.24, 2.45) is 23.2 Å². The molecular formula is C14H28. The minimum absolute atomic E-state index is 0.577.